The largest absolute Gasteiger partial charge is 0.308 e. The Hall–Kier alpha value is -0.810. The van der Waals surface area contributed by atoms with E-state index in [2.05, 4.69) is 36.2 Å². The van der Waals surface area contributed by atoms with Crippen molar-refractivity contribution in [1.29, 1.82) is 0 Å². The number of nitrogens with zero attached hydrogens (tertiary/aromatic N) is 2. The summed E-state index contributed by atoms with van der Waals surface area (Å²) >= 11 is 1.73. The van der Waals surface area contributed by atoms with Gasteiger partial charge in [-0.05, 0) is 6.42 Å². The number of hydrogen-bond donors (Lipinski definition) is 2. The van der Waals surface area contributed by atoms with Crippen molar-refractivity contribution < 1.29 is 0 Å². The van der Waals surface area contributed by atoms with Gasteiger partial charge in [0.1, 0.15) is 17.2 Å². The summed E-state index contributed by atoms with van der Waals surface area (Å²) in [5.74, 6) is 6.10. The first-order chi connectivity index (χ1) is 6.69. The quantitative estimate of drug-likeness (QED) is 0.345. The van der Waals surface area contributed by atoms with Crippen LogP contribution in [0.15, 0.2) is 11.4 Å². The number of anilines is 1. The molecule has 0 atom stereocenters. The normalized spacial score (nSPS) is 10.6. The van der Waals surface area contributed by atoms with Crippen molar-refractivity contribution in [2.75, 3.05) is 5.43 Å². The van der Waals surface area contributed by atoms with Crippen molar-refractivity contribution in [3.05, 3.63) is 11.9 Å². The highest BCUT2D eigenvalue weighted by Gasteiger charge is 2.10. The van der Waals surface area contributed by atoms with Crippen LogP contribution in [0.2, 0.25) is 0 Å². The van der Waals surface area contributed by atoms with E-state index in [-0.39, 0.29) is 0 Å². The van der Waals surface area contributed by atoms with Crippen molar-refractivity contribution in [3.63, 3.8) is 0 Å². The Morgan fingerprint density at radius 3 is 2.71 bits per heavy atom. The van der Waals surface area contributed by atoms with E-state index in [1.54, 1.807) is 18.1 Å². The summed E-state index contributed by atoms with van der Waals surface area (Å²) in [6.07, 6.45) is 2.43. The van der Waals surface area contributed by atoms with Gasteiger partial charge in [-0.1, -0.05) is 20.8 Å². The van der Waals surface area contributed by atoms with Crippen LogP contribution in [0.25, 0.3) is 0 Å². The average molecular weight is 212 g/mol. The van der Waals surface area contributed by atoms with Crippen molar-refractivity contribution in [1.82, 2.24) is 9.97 Å². The third-order valence-corrected chi connectivity index (χ3v) is 2.79. The molecule has 3 N–H and O–H groups in total. The Kier molecular flexibility index (Phi) is 4.16. The molecule has 0 aromatic carbocycles. The van der Waals surface area contributed by atoms with E-state index in [1.807, 2.05) is 0 Å². The fourth-order valence-corrected chi connectivity index (χ4v) is 2.10. The number of hydrazine groups is 1. The molecule has 0 amide bonds. The van der Waals surface area contributed by atoms with Crippen LogP contribution in [0.5, 0.6) is 0 Å². The van der Waals surface area contributed by atoms with Gasteiger partial charge in [0.2, 0.25) is 0 Å². The van der Waals surface area contributed by atoms with Crippen LogP contribution >= 0.6 is 11.8 Å². The highest BCUT2D eigenvalue weighted by Crippen LogP contribution is 2.27. The van der Waals surface area contributed by atoms with Crippen LogP contribution in [-0.2, 0) is 6.42 Å². The van der Waals surface area contributed by atoms with E-state index in [9.17, 15) is 0 Å². The van der Waals surface area contributed by atoms with Gasteiger partial charge in [-0.2, -0.15) is 0 Å². The average Bonchev–Trinajstić information content (AvgIpc) is 2.16. The number of hydrogen-bond acceptors (Lipinski definition) is 5. The van der Waals surface area contributed by atoms with Crippen LogP contribution in [0, 0.1) is 0 Å². The Labute approximate surface area is 88.7 Å². The molecule has 0 aliphatic carbocycles. The number of aromatic nitrogens is 2. The Balaban J connectivity index is 3.02. The zero-order valence-electron chi connectivity index (χ0n) is 8.74. The highest BCUT2D eigenvalue weighted by atomic mass is 32.2. The molecule has 0 saturated carbocycles. The van der Waals surface area contributed by atoms with Crippen molar-refractivity contribution in [2.24, 2.45) is 5.84 Å². The highest BCUT2D eigenvalue weighted by molar-refractivity contribution is 7.99. The maximum Gasteiger partial charge on any atom is 0.147 e. The lowest BCUT2D eigenvalue weighted by molar-refractivity contribution is 0.934. The first-order valence-electron chi connectivity index (χ1n) is 4.66. The van der Waals surface area contributed by atoms with E-state index < -0.39 is 0 Å². The third kappa shape index (κ3) is 2.59. The van der Waals surface area contributed by atoms with Gasteiger partial charge in [0.05, 0.1) is 0 Å². The number of nitrogens with two attached hydrogens (primary N) is 1. The molecule has 0 spiro atoms. The molecule has 0 aliphatic heterocycles. The first-order valence-corrected chi connectivity index (χ1v) is 5.54. The molecule has 4 nitrogen and oxygen atoms in total. The van der Waals surface area contributed by atoms with Gasteiger partial charge in [-0.15, -0.1) is 11.8 Å². The van der Waals surface area contributed by atoms with Crippen molar-refractivity contribution in [3.8, 4) is 0 Å². The molecular formula is C9H16N4S. The molecule has 1 heterocycles. The van der Waals surface area contributed by atoms with Crippen LogP contribution in [0.3, 0.4) is 0 Å². The van der Waals surface area contributed by atoms with Gasteiger partial charge in [-0.25, -0.2) is 15.8 Å². The molecule has 1 aromatic rings. The van der Waals surface area contributed by atoms with Crippen LogP contribution in [-0.4, -0.2) is 15.2 Å². The smallest absolute Gasteiger partial charge is 0.147 e. The maximum absolute atomic E-state index is 5.38. The summed E-state index contributed by atoms with van der Waals surface area (Å²) in [6.45, 7) is 6.35. The number of nitrogen functional groups attached to an aromatic ring is 1. The first kappa shape index (κ1) is 11.3. The molecule has 1 aromatic heterocycles. The SMILES string of the molecule is CCc1c(NN)ncnc1SC(C)C. The lowest BCUT2D eigenvalue weighted by Gasteiger charge is -2.11. The zero-order valence-corrected chi connectivity index (χ0v) is 9.56. The van der Waals surface area contributed by atoms with Gasteiger partial charge < -0.3 is 5.43 Å². The standard InChI is InChI=1S/C9H16N4S/c1-4-7-8(13-10)11-5-12-9(7)14-6(2)3/h5-6H,4,10H2,1-3H3,(H,11,12,13). The van der Waals surface area contributed by atoms with E-state index >= 15 is 0 Å². The number of thioether (sulfide) groups is 1. The van der Waals surface area contributed by atoms with Crippen molar-refractivity contribution in [2.45, 2.75) is 37.5 Å². The summed E-state index contributed by atoms with van der Waals surface area (Å²) in [5.41, 5.74) is 3.69. The number of nitrogens with one attached hydrogen (secondary N) is 1. The molecule has 5 heteroatoms. The molecule has 0 saturated heterocycles. The Bertz CT molecular complexity index is 301. The summed E-state index contributed by atoms with van der Waals surface area (Å²) < 4.78 is 0. The van der Waals surface area contributed by atoms with Crippen LogP contribution in [0.1, 0.15) is 26.3 Å². The topological polar surface area (TPSA) is 63.8 Å². The summed E-state index contributed by atoms with van der Waals surface area (Å²) in [4.78, 5) is 8.33. The van der Waals surface area contributed by atoms with E-state index in [0.717, 1.165) is 22.8 Å². The van der Waals surface area contributed by atoms with Gasteiger partial charge in [-0.3, -0.25) is 0 Å². The van der Waals surface area contributed by atoms with Gasteiger partial charge in [0.15, 0.2) is 0 Å². The van der Waals surface area contributed by atoms with E-state index in [4.69, 9.17) is 5.84 Å². The molecule has 1 rings (SSSR count). The van der Waals surface area contributed by atoms with Gasteiger partial charge in [0, 0.05) is 10.8 Å². The van der Waals surface area contributed by atoms with E-state index in [0.29, 0.717) is 5.25 Å². The molecule has 0 unspecified atom stereocenters. The monoisotopic (exact) mass is 212 g/mol. The second-order valence-electron chi connectivity index (χ2n) is 3.17. The number of rotatable bonds is 4. The minimum Gasteiger partial charge on any atom is -0.308 e. The fourth-order valence-electron chi connectivity index (χ4n) is 1.16. The molecule has 0 aliphatic rings. The molecule has 0 bridgehead atoms. The summed E-state index contributed by atoms with van der Waals surface area (Å²) in [7, 11) is 0. The fraction of sp³-hybridized carbons (Fsp3) is 0.556. The lowest BCUT2D eigenvalue weighted by atomic mass is 10.2. The lowest BCUT2D eigenvalue weighted by Crippen LogP contribution is -2.12. The third-order valence-electron chi connectivity index (χ3n) is 1.74. The molecule has 14 heavy (non-hydrogen) atoms. The minimum absolute atomic E-state index is 0.515. The molecule has 78 valence electrons. The maximum atomic E-state index is 5.38. The Morgan fingerprint density at radius 1 is 1.50 bits per heavy atom. The Morgan fingerprint density at radius 2 is 2.21 bits per heavy atom. The second kappa shape index (κ2) is 5.17. The molecular weight excluding hydrogens is 196 g/mol. The van der Waals surface area contributed by atoms with Gasteiger partial charge in [0.25, 0.3) is 0 Å². The zero-order chi connectivity index (χ0) is 10.6. The van der Waals surface area contributed by atoms with Crippen LogP contribution < -0.4 is 11.3 Å². The predicted molar refractivity (Wildman–Crippen MR) is 60.2 cm³/mol. The minimum atomic E-state index is 0.515. The van der Waals surface area contributed by atoms with Gasteiger partial charge >= 0.3 is 0 Å². The summed E-state index contributed by atoms with van der Waals surface area (Å²) in [5, 5.41) is 1.53. The van der Waals surface area contributed by atoms with E-state index in [1.165, 1.54) is 0 Å². The summed E-state index contributed by atoms with van der Waals surface area (Å²) in [6, 6.07) is 0. The predicted octanol–water partition coefficient (Wildman–Crippen LogP) is 1.83. The molecule has 0 radical (unpaired) electrons. The molecule has 0 fully saturated rings. The van der Waals surface area contributed by atoms with Crippen LogP contribution in [0.4, 0.5) is 5.82 Å². The van der Waals surface area contributed by atoms with Crippen molar-refractivity contribution >= 4 is 17.6 Å². The second-order valence-corrected chi connectivity index (χ2v) is 4.74.